The van der Waals surface area contributed by atoms with Crippen molar-refractivity contribution in [1.29, 1.82) is 0 Å². The van der Waals surface area contributed by atoms with Gasteiger partial charge in [-0.3, -0.25) is 4.79 Å². The fourth-order valence-electron chi connectivity index (χ4n) is 3.50. The number of benzene rings is 2. The predicted molar refractivity (Wildman–Crippen MR) is 96.3 cm³/mol. The molecule has 2 heterocycles. The number of nitrogens with zero attached hydrogens (tertiary/aromatic N) is 1. The molecule has 0 bridgehead atoms. The molecule has 2 aromatic rings. The van der Waals surface area contributed by atoms with Crippen molar-refractivity contribution in [2.75, 3.05) is 16.8 Å². The fraction of sp³-hybridized carbons (Fsp3) is 0.300. The van der Waals surface area contributed by atoms with Crippen molar-refractivity contribution < 1.29 is 14.3 Å². The van der Waals surface area contributed by atoms with E-state index in [1.165, 1.54) is 0 Å². The van der Waals surface area contributed by atoms with Crippen molar-refractivity contribution in [3.8, 4) is 5.75 Å². The lowest BCUT2D eigenvalue weighted by atomic mass is 10.1. The lowest BCUT2D eigenvalue weighted by molar-refractivity contribution is -0.117. The Morgan fingerprint density at radius 2 is 2.00 bits per heavy atom. The van der Waals surface area contributed by atoms with Crippen LogP contribution in [0.4, 0.5) is 11.4 Å². The molecule has 0 radical (unpaired) electrons. The van der Waals surface area contributed by atoms with Crippen molar-refractivity contribution in [1.82, 2.24) is 0 Å². The van der Waals surface area contributed by atoms with E-state index >= 15 is 0 Å². The number of fused-ring (bicyclic) bond motifs is 3. The lowest BCUT2D eigenvalue weighted by Gasteiger charge is -2.33. The zero-order valence-corrected chi connectivity index (χ0v) is 14.3. The molecule has 1 atom stereocenters. The van der Waals surface area contributed by atoms with Gasteiger partial charge in [0.15, 0.2) is 0 Å². The molecule has 0 saturated carbocycles. The maximum Gasteiger partial charge on any atom is 0.343 e. The SMILES string of the molecule is Cc1ccc(OC(=O)c2ccc3c(c2)NC(=O)[C@H]2CCCN32)cc1C. The number of carbonyl (C=O) groups excluding carboxylic acids is 2. The van der Waals surface area contributed by atoms with Gasteiger partial charge >= 0.3 is 5.97 Å². The van der Waals surface area contributed by atoms with E-state index in [2.05, 4.69) is 10.2 Å². The molecule has 5 nitrogen and oxygen atoms in total. The molecule has 2 aliphatic rings. The molecule has 1 amide bonds. The number of ether oxygens (including phenoxy) is 1. The van der Waals surface area contributed by atoms with E-state index in [4.69, 9.17) is 4.74 Å². The number of hydrogen-bond acceptors (Lipinski definition) is 4. The van der Waals surface area contributed by atoms with E-state index in [1.54, 1.807) is 18.2 Å². The van der Waals surface area contributed by atoms with Gasteiger partial charge in [0.1, 0.15) is 11.8 Å². The van der Waals surface area contributed by atoms with E-state index in [1.807, 2.05) is 32.0 Å². The first-order valence-electron chi connectivity index (χ1n) is 8.54. The second-order valence-corrected chi connectivity index (χ2v) is 6.71. The number of hydrogen-bond donors (Lipinski definition) is 1. The summed E-state index contributed by atoms with van der Waals surface area (Å²) in [4.78, 5) is 26.8. The number of esters is 1. The van der Waals surface area contributed by atoms with Crippen LogP contribution in [-0.2, 0) is 4.79 Å². The van der Waals surface area contributed by atoms with Gasteiger partial charge in [-0.1, -0.05) is 6.07 Å². The van der Waals surface area contributed by atoms with E-state index < -0.39 is 5.97 Å². The minimum absolute atomic E-state index is 0.00433. The molecule has 2 aromatic carbocycles. The van der Waals surface area contributed by atoms with Crippen molar-refractivity contribution >= 4 is 23.3 Å². The number of rotatable bonds is 2. The van der Waals surface area contributed by atoms with Crippen LogP contribution in [0.5, 0.6) is 5.75 Å². The van der Waals surface area contributed by atoms with Crippen LogP contribution in [0.3, 0.4) is 0 Å². The number of amides is 1. The molecule has 0 unspecified atom stereocenters. The molecule has 25 heavy (non-hydrogen) atoms. The Labute approximate surface area is 146 Å². The molecule has 0 spiro atoms. The van der Waals surface area contributed by atoms with Gasteiger partial charge in [0.05, 0.1) is 16.9 Å². The maximum absolute atomic E-state index is 12.5. The molecule has 2 aliphatic heterocycles. The summed E-state index contributed by atoms with van der Waals surface area (Å²) in [5.41, 5.74) is 4.30. The minimum atomic E-state index is -0.427. The second-order valence-electron chi connectivity index (χ2n) is 6.71. The smallest absolute Gasteiger partial charge is 0.343 e. The topological polar surface area (TPSA) is 58.6 Å². The van der Waals surface area contributed by atoms with Gasteiger partial charge in [0.2, 0.25) is 5.91 Å². The van der Waals surface area contributed by atoms with Crippen LogP contribution < -0.4 is 15.0 Å². The predicted octanol–water partition coefficient (Wildman–Crippen LogP) is 3.44. The summed E-state index contributed by atoms with van der Waals surface area (Å²) in [6, 6.07) is 10.8. The van der Waals surface area contributed by atoms with E-state index in [9.17, 15) is 9.59 Å². The Morgan fingerprint density at radius 3 is 2.80 bits per heavy atom. The highest BCUT2D eigenvalue weighted by atomic mass is 16.5. The highest BCUT2D eigenvalue weighted by Gasteiger charge is 2.36. The third kappa shape index (κ3) is 2.76. The third-order valence-corrected chi connectivity index (χ3v) is 5.04. The first-order chi connectivity index (χ1) is 12.0. The van der Waals surface area contributed by atoms with Crippen molar-refractivity contribution in [2.45, 2.75) is 32.7 Å². The molecule has 1 fully saturated rings. The van der Waals surface area contributed by atoms with Crippen LogP contribution in [0.1, 0.15) is 34.3 Å². The summed E-state index contributed by atoms with van der Waals surface area (Å²) >= 11 is 0. The Kier molecular flexibility index (Phi) is 3.71. The molecular formula is C20H20N2O3. The lowest BCUT2D eigenvalue weighted by Crippen LogP contribution is -2.43. The molecule has 1 saturated heterocycles. The second kappa shape index (κ2) is 5.92. The molecular weight excluding hydrogens is 316 g/mol. The van der Waals surface area contributed by atoms with Crippen LogP contribution >= 0.6 is 0 Å². The molecule has 128 valence electrons. The summed E-state index contributed by atoms with van der Waals surface area (Å²) in [6.45, 7) is 4.86. The number of aryl methyl sites for hydroxylation is 2. The van der Waals surface area contributed by atoms with Crippen LogP contribution in [0.2, 0.25) is 0 Å². The van der Waals surface area contributed by atoms with Crippen molar-refractivity contribution in [3.63, 3.8) is 0 Å². The Hall–Kier alpha value is -2.82. The highest BCUT2D eigenvalue weighted by Crippen LogP contribution is 2.37. The van der Waals surface area contributed by atoms with Gasteiger partial charge in [0.25, 0.3) is 0 Å². The third-order valence-electron chi connectivity index (χ3n) is 5.04. The zero-order chi connectivity index (χ0) is 17.6. The molecule has 5 heteroatoms. The van der Waals surface area contributed by atoms with Crippen LogP contribution in [-0.4, -0.2) is 24.5 Å². The summed E-state index contributed by atoms with van der Waals surface area (Å²) in [6.07, 6.45) is 1.88. The minimum Gasteiger partial charge on any atom is -0.423 e. The van der Waals surface area contributed by atoms with Crippen molar-refractivity contribution in [2.24, 2.45) is 0 Å². The Balaban J connectivity index is 1.59. The van der Waals surface area contributed by atoms with Crippen molar-refractivity contribution in [3.05, 3.63) is 53.1 Å². The average Bonchev–Trinajstić information content (AvgIpc) is 3.08. The normalized spacial score (nSPS) is 18.4. The van der Waals surface area contributed by atoms with Gasteiger partial charge in [-0.25, -0.2) is 4.79 Å². The monoisotopic (exact) mass is 336 g/mol. The molecule has 0 aromatic heterocycles. The van der Waals surface area contributed by atoms with Gasteiger partial charge in [-0.15, -0.1) is 0 Å². The van der Waals surface area contributed by atoms with Crippen LogP contribution in [0.25, 0.3) is 0 Å². The summed E-state index contributed by atoms with van der Waals surface area (Å²) in [7, 11) is 0. The van der Waals surface area contributed by atoms with E-state index in [0.717, 1.165) is 36.2 Å². The van der Waals surface area contributed by atoms with E-state index in [-0.39, 0.29) is 11.9 Å². The largest absolute Gasteiger partial charge is 0.423 e. The zero-order valence-electron chi connectivity index (χ0n) is 14.3. The van der Waals surface area contributed by atoms with Crippen LogP contribution in [0.15, 0.2) is 36.4 Å². The summed E-state index contributed by atoms with van der Waals surface area (Å²) in [5.74, 6) is 0.1000. The molecule has 4 rings (SSSR count). The summed E-state index contributed by atoms with van der Waals surface area (Å²) in [5, 5.41) is 2.92. The highest BCUT2D eigenvalue weighted by molar-refractivity contribution is 6.05. The number of anilines is 2. The first kappa shape index (κ1) is 15.7. The number of nitrogens with one attached hydrogen (secondary N) is 1. The Morgan fingerprint density at radius 1 is 1.16 bits per heavy atom. The summed E-state index contributed by atoms with van der Waals surface area (Å²) < 4.78 is 5.48. The first-order valence-corrected chi connectivity index (χ1v) is 8.54. The Bertz CT molecular complexity index is 875. The van der Waals surface area contributed by atoms with Gasteiger partial charge in [0, 0.05) is 6.54 Å². The van der Waals surface area contributed by atoms with Crippen LogP contribution in [0, 0.1) is 13.8 Å². The quantitative estimate of drug-likeness (QED) is 0.674. The van der Waals surface area contributed by atoms with E-state index in [0.29, 0.717) is 17.0 Å². The number of carbonyl (C=O) groups is 2. The molecule has 1 N–H and O–H groups in total. The standard InChI is InChI=1S/C20H20N2O3/c1-12-5-7-15(10-13(12)2)25-20(24)14-6-8-17-16(11-14)21-19(23)18-4-3-9-22(17)18/h5-8,10-11,18H,3-4,9H2,1-2H3,(H,21,23)/t18-/m1/s1. The maximum atomic E-state index is 12.5. The van der Waals surface area contributed by atoms with Gasteiger partial charge < -0.3 is 15.0 Å². The molecule has 0 aliphatic carbocycles. The van der Waals surface area contributed by atoms with Gasteiger partial charge in [-0.2, -0.15) is 0 Å². The average molecular weight is 336 g/mol. The fourth-order valence-corrected chi connectivity index (χ4v) is 3.50. The van der Waals surface area contributed by atoms with Gasteiger partial charge in [-0.05, 0) is 68.1 Å².